The van der Waals surface area contributed by atoms with Gasteiger partial charge in [0.1, 0.15) is 6.61 Å². The van der Waals surface area contributed by atoms with E-state index in [-0.39, 0.29) is 25.1 Å². The van der Waals surface area contributed by atoms with E-state index in [9.17, 15) is 9.59 Å². The maximum atomic E-state index is 12.7. The van der Waals surface area contributed by atoms with Crippen LogP contribution in [0.2, 0.25) is 0 Å². The first kappa shape index (κ1) is 29.2. The number of anilines is 3. The van der Waals surface area contributed by atoms with E-state index in [0.717, 1.165) is 27.7 Å². The molecule has 0 spiro atoms. The molecule has 2 N–H and O–H groups in total. The second kappa shape index (κ2) is 13.0. The van der Waals surface area contributed by atoms with E-state index in [0.29, 0.717) is 11.3 Å². The lowest BCUT2D eigenvalue weighted by Crippen LogP contribution is -2.32. The number of carbonyl (C=O) groups excluding carboxylic acids is 2. The Labute approximate surface area is 242 Å². The van der Waals surface area contributed by atoms with Gasteiger partial charge in [0.2, 0.25) is 0 Å². The molecule has 212 valence electrons. The zero-order chi connectivity index (χ0) is 29.5. The summed E-state index contributed by atoms with van der Waals surface area (Å²) >= 11 is 0. The Morgan fingerprint density at radius 3 is 1.83 bits per heavy atom. The molecule has 0 aliphatic carbocycles. The maximum Gasteiger partial charge on any atom is 0.333 e. The zero-order valence-corrected chi connectivity index (χ0v) is 24.4. The number of hydrogen-bond acceptors (Lipinski definition) is 5. The van der Waals surface area contributed by atoms with Crippen molar-refractivity contribution in [2.45, 2.75) is 12.8 Å². The summed E-state index contributed by atoms with van der Waals surface area (Å²) in [4.78, 5) is 28.4. The van der Waals surface area contributed by atoms with Gasteiger partial charge < -0.3 is 25.2 Å². The fraction of sp³-hybridized carbons (Fsp3) is 0.235. The summed E-state index contributed by atoms with van der Waals surface area (Å²) in [7, 11) is 8.15. The second-order valence-corrected chi connectivity index (χ2v) is 10.5. The van der Waals surface area contributed by atoms with E-state index in [1.165, 1.54) is 11.1 Å². The molecule has 41 heavy (non-hydrogen) atoms. The van der Waals surface area contributed by atoms with E-state index < -0.39 is 5.97 Å². The quantitative estimate of drug-likeness (QED) is 0.104. The number of benzene rings is 4. The summed E-state index contributed by atoms with van der Waals surface area (Å²) in [5.41, 5.74) is 6.81. The minimum Gasteiger partial charge on any atom is -0.460 e. The molecule has 2 amide bonds. The summed E-state index contributed by atoms with van der Waals surface area (Å²) in [6.07, 6.45) is 0. The highest BCUT2D eigenvalue weighted by molar-refractivity contribution is 6.03. The number of esters is 1. The minimum atomic E-state index is -0.476. The third-order valence-corrected chi connectivity index (χ3v) is 6.97. The number of hydrogen-bond donors (Lipinski definition) is 2. The number of ether oxygens (including phenoxy) is 1. The molecule has 0 unspecified atom stereocenters. The van der Waals surface area contributed by atoms with Gasteiger partial charge in [-0.1, -0.05) is 61.2 Å². The molecule has 0 aliphatic heterocycles. The van der Waals surface area contributed by atoms with Gasteiger partial charge >= 0.3 is 12.0 Å². The van der Waals surface area contributed by atoms with Crippen molar-refractivity contribution < 1.29 is 14.3 Å². The van der Waals surface area contributed by atoms with Crippen LogP contribution >= 0.6 is 0 Å². The highest BCUT2D eigenvalue weighted by Gasteiger charge is 2.21. The van der Waals surface area contributed by atoms with Crippen LogP contribution in [0.3, 0.4) is 0 Å². The van der Waals surface area contributed by atoms with Crippen molar-refractivity contribution >= 4 is 39.8 Å². The number of carbonyl (C=O) groups is 2. The summed E-state index contributed by atoms with van der Waals surface area (Å²) in [5, 5.41) is 7.70. The van der Waals surface area contributed by atoms with E-state index in [1.54, 1.807) is 6.92 Å². The van der Waals surface area contributed by atoms with Gasteiger partial charge in [-0.25, -0.2) is 9.59 Å². The third-order valence-electron chi connectivity index (χ3n) is 6.97. The molecule has 4 aromatic carbocycles. The van der Waals surface area contributed by atoms with Crippen LogP contribution in [0.5, 0.6) is 0 Å². The van der Waals surface area contributed by atoms with Crippen molar-refractivity contribution in [1.82, 2.24) is 5.32 Å². The van der Waals surface area contributed by atoms with Crippen LogP contribution in [-0.4, -0.2) is 53.3 Å². The lowest BCUT2D eigenvalue weighted by atomic mass is 9.82. The molecule has 0 radical (unpaired) electrons. The standard InChI is InChI=1S/C34H38N4O3/c1-23(2)33(39)41-22-21-35-34(40)36-31-20-19-30(28-9-7-8-10-29(28)31)32(24-11-15-26(16-12-24)37(3)4)25-13-17-27(18-14-25)38(5)6/h7-20,32H,1,21-22H2,2-6H3,(H2,35,36,40). The van der Waals surface area contributed by atoms with Crippen LogP contribution in [-0.2, 0) is 9.53 Å². The molecule has 0 saturated heterocycles. The van der Waals surface area contributed by atoms with Gasteiger partial charge in [-0.05, 0) is 59.3 Å². The molecule has 0 heterocycles. The first-order chi connectivity index (χ1) is 19.7. The van der Waals surface area contributed by atoms with Crippen LogP contribution in [0.4, 0.5) is 21.9 Å². The van der Waals surface area contributed by atoms with Crippen LogP contribution in [0.1, 0.15) is 29.5 Å². The summed E-state index contributed by atoms with van der Waals surface area (Å²) < 4.78 is 5.05. The first-order valence-corrected chi connectivity index (χ1v) is 13.6. The van der Waals surface area contributed by atoms with Crippen molar-refractivity contribution in [3.63, 3.8) is 0 Å². The van der Waals surface area contributed by atoms with Crippen LogP contribution in [0.15, 0.2) is 97.1 Å². The van der Waals surface area contributed by atoms with Crippen LogP contribution in [0, 0.1) is 0 Å². The zero-order valence-electron chi connectivity index (χ0n) is 24.4. The third kappa shape index (κ3) is 7.06. The number of urea groups is 1. The van der Waals surface area contributed by atoms with Crippen LogP contribution < -0.4 is 20.4 Å². The molecule has 0 aromatic heterocycles. The predicted molar refractivity (Wildman–Crippen MR) is 169 cm³/mol. The summed E-state index contributed by atoms with van der Waals surface area (Å²) in [6.45, 7) is 5.40. The van der Waals surface area contributed by atoms with Gasteiger partial charge in [0.25, 0.3) is 0 Å². The molecule has 0 bridgehead atoms. The van der Waals surface area contributed by atoms with Crippen molar-refractivity contribution in [2.75, 3.05) is 56.5 Å². The summed E-state index contributed by atoms with van der Waals surface area (Å²) in [6, 6.07) is 29.1. The predicted octanol–water partition coefficient (Wildman–Crippen LogP) is 6.39. The smallest absolute Gasteiger partial charge is 0.333 e. The highest BCUT2D eigenvalue weighted by atomic mass is 16.5. The molecule has 0 aliphatic rings. The fourth-order valence-electron chi connectivity index (χ4n) is 4.76. The van der Waals surface area contributed by atoms with Crippen molar-refractivity contribution in [3.05, 3.63) is 114 Å². The molecule has 0 atom stereocenters. The Morgan fingerprint density at radius 2 is 1.32 bits per heavy atom. The monoisotopic (exact) mass is 550 g/mol. The molecule has 7 heteroatoms. The van der Waals surface area contributed by atoms with Gasteiger partial charge in [-0.3, -0.25) is 0 Å². The Balaban J connectivity index is 1.67. The minimum absolute atomic E-state index is 0.0156. The molecule has 0 fully saturated rings. The van der Waals surface area contributed by atoms with Crippen molar-refractivity contribution in [3.8, 4) is 0 Å². The largest absolute Gasteiger partial charge is 0.460 e. The van der Waals surface area contributed by atoms with Gasteiger partial charge in [-0.2, -0.15) is 0 Å². The first-order valence-electron chi connectivity index (χ1n) is 13.6. The normalized spacial score (nSPS) is 10.8. The molecular weight excluding hydrogens is 512 g/mol. The highest BCUT2D eigenvalue weighted by Crippen LogP contribution is 2.39. The Morgan fingerprint density at radius 1 is 0.780 bits per heavy atom. The number of nitrogens with zero attached hydrogens (tertiary/aromatic N) is 2. The lowest BCUT2D eigenvalue weighted by Gasteiger charge is -2.24. The van der Waals surface area contributed by atoms with Gasteiger partial charge in [-0.15, -0.1) is 0 Å². The molecule has 4 aromatic rings. The Kier molecular flexibility index (Phi) is 9.30. The number of rotatable bonds is 10. The fourth-order valence-corrected chi connectivity index (χ4v) is 4.76. The topological polar surface area (TPSA) is 73.9 Å². The lowest BCUT2D eigenvalue weighted by molar-refractivity contribution is -0.138. The van der Waals surface area contributed by atoms with Gasteiger partial charge in [0, 0.05) is 56.4 Å². The van der Waals surface area contributed by atoms with Gasteiger partial charge in [0.15, 0.2) is 0 Å². The Bertz CT molecular complexity index is 1470. The van der Waals surface area contributed by atoms with E-state index >= 15 is 0 Å². The van der Waals surface area contributed by atoms with E-state index in [1.807, 2.05) is 52.5 Å². The molecule has 0 saturated carbocycles. The number of amides is 2. The van der Waals surface area contributed by atoms with Crippen molar-refractivity contribution in [2.24, 2.45) is 0 Å². The van der Waals surface area contributed by atoms with Crippen molar-refractivity contribution in [1.29, 1.82) is 0 Å². The average molecular weight is 551 g/mol. The Hall–Kier alpha value is -4.78. The molecule has 7 nitrogen and oxygen atoms in total. The summed E-state index contributed by atoms with van der Waals surface area (Å²) in [5.74, 6) is -0.491. The van der Waals surface area contributed by atoms with E-state index in [4.69, 9.17) is 4.74 Å². The SMILES string of the molecule is C=C(C)C(=O)OCCNC(=O)Nc1ccc(C(c2ccc(N(C)C)cc2)c2ccc(N(C)C)cc2)c2ccccc12. The maximum absolute atomic E-state index is 12.7. The number of fused-ring (bicyclic) bond motifs is 1. The van der Waals surface area contributed by atoms with Crippen LogP contribution in [0.25, 0.3) is 10.8 Å². The number of nitrogens with one attached hydrogen (secondary N) is 2. The van der Waals surface area contributed by atoms with E-state index in [2.05, 4.69) is 87.7 Å². The molecule has 4 rings (SSSR count). The molecular formula is C34H38N4O3. The van der Waals surface area contributed by atoms with Gasteiger partial charge in [0.05, 0.1) is 12.2 Å². The average Bonchev–Trinajstić information content (AvgIpc) is 2.97. The second-order valence-electron chi connectivity index (χ2n) is 10.5.